The first-order valence-corrected chi connectivity index (χ1v) is 8.64. The Labute approximate surface area is 169 Å². The van der Waals surface area contributed by atoms with Crippen molar-refractivity contribution in [1.29, 1.82) is 5.26 Å². The second-order valence-corrected chi connectivity index (χ2v) is 6.36. The number of alkyl halides is 3. The number of ether oxygens (including phenoxy) is 1. The highest BCUT2D eigenvalue weighted by atomic mass is 19.4. The van der Waals surface area contributed by atoms with Crippen LogP contribution in [0, 0.1) is 24.1 Å². The molecule has 0 bridgehead atoms. The van der Waals surface area contributed by atoms with Gasteiger partial charge in [-0.1, -0.05) is 6.07 Å². The number of carbonyl (C=O) groups excluding carboxylic acids is 1. The molecule has 0 aliphatic heterocycles. The fourth-order valence-corrected chi connectivity index (χ4v) is 2.62. The first-order chi connectivity index (χ1) is 14.2. The number of aryl methyl sites for hydroxylation is 1. The molecule has 0 atom stereocenters. The third-order valence-corrected chi connectivity index (χ3v) is 4.21. The zero-order chi connectivity index (χ0) is 21.9. The molecule has 30 heavy (non-hydrogen) atoms. The molecule has 0 aliphatic carbocycles. The van der Waals surface area contributed by atoms with Crippen molar-refractivity contribution in [2.24, 2.45) is 0 Å². The summed E-state index contributed by atoms with van der Waals surface area (Å²) in [6.07, 6.45) is -4.65. The van der Waals surface area contributed by atoms with Gasteiger partial charge in [-0.3, -0.25) is 4.79 Å². The highest BCUT2D eigenvalue weighted by Crippen LogP contribution is 2.35. The van der Waals surface area contributed by atoms with Gasteiger partial charge in [-0.2, -0.15) is 18.4 Å². The lowest BCUT2D eigenvalue weighted by molar-refractivity contribution is -0.137. The van der Waals surface area contributed by atoms with Crippen molar-refractivity contribution in [1.82, 2.24) is 0 Å². The van der Waals surface area contributed by atoms with Crippen LogP contribution in [-0.4, -0.2) is 5.91 Å². The van der Waals surface area contributed by atoms with Crippen LogP contribution in [0.3, 0.4) is 0 Å². The Kier molecular flexibility index (Phi) is 5.74. The van der Waals surface area contributed by atoms with Gasteiger partial charge in [0.1, 0.15) is 17.3 Å². The van der Waals surface area contributed by atoms with Gasteiger partial charge in [-0.15, -0.1) is 0 Å². The average Bonchev–Trinajstić information content (AvgIpc) is 2.70. The topological polar surface area (TPSA) is 62.1 Å². The number of hydrogen-bond acceptors (Lipinski definition) is 3. The first kappa shape index (κ1) is 20.9. The summed E-state index contributed by atoms with van der Waals surface area (Å²) in [5.41, 5.74) is 0.154. The van der Waals surface area contributed by atoms with Crippen LogP contribution in [0.2, 0.25) is 0 Å². The van der Waals surface area contributed by atoms with E-state index in [1.165, 1.54) is 18.2 Å². The molecular formula is C22H14F4N2O2. The normalized spacial score (nSPS) is 10.9. The van der Waals surface area contributed by atoms with Crippen molar-refractivity contribution >= 4 is 11.6 Å². The molecule has 0 aliphatic rings. The molecule has 0 unspecified atom stereocenters. The number of carbonyl (C=O) groups is 1. The van der Waals surface area contributed by atoms with Crippen molar-refractivity contribution in [3.63, 3.8) is 0 Å². The van der Waals surface area contributed by atoms with Crippen molar-refractivity contribution in [2.45, 2.75) is 13.1 Å². The first-order valence-electron chi connectivity index (χ1n) is 8.64. The van der Waals surface area contributed by atoms with Gasteiger partial charge in [-0.25, -0.2) is 4.39 Å². The van der Waals surface area contributed by atoms with E-state index in [0.717, 1.165) is 24.3 Å². The molecule has 0 heterocycles. The molecule has 0 spiro atoms. The van der Waals surface area contributed by atoms with E-state index in [4.69, 9.17) is 10.00 Å². The minimum absolute atomic E-state index is 0.0624. The summed E-state index contributed by atoms with van der Waals surface area (Å²) in [5.74, 6) is -1.55. The Bertz CT molecular complexity index is 1130. The number of nitriles is 1. The van der Waals surface area contributed by atoms with Crippen LogP contribution < -0.4 is 10.1 Å². The van der Waals surface area contributed by atoms with E-state index >= 15 is 0 Å². The van der Waals surface area contributed by atoms with Crippen LogP contribution in [0.15, 0.2) is 60.7 Å². The third-order valence-electron chi connectivity index (χ3n) is 4.21. The van der Waals surface area contributed by atoms with Crippen LogP contribution in [-0.2, 0) is 6.18 Å². The summed E-state index contributed by atoms with van der Waals surface area (Å²) >= 11 is 0. The summed E-state index contributed by atoms with van der Waals surface area (Å²) in [5, 5.41) is 11.6. The molecule has 0 saturated heterocycles. The Morgan fingerprint density at radius 3 is 2.37 bits per heavy atom. The van der Waals surface area contributed by atoms with Crippen molar-refractivity contribution < 1.29 is 27.1 Å². The molecule has 1 amide bonds. The Balaban J connectivity index is 1.99. The minimum atomic E-state index is -4.65. The average molecular weight is 414 g/mol. The minimum Gasteiger partial charge on any atom is -0.457 e. The van der Waals surface area contributed by atoms with E-state index in [2.05, 4.69) is 5.32 Å². The fraction of sp³-hybridized carbons (Fsp3) is 0.0909. The lowest BCUT2D eigenvalue weighted by Crippen LogP contribution is -2.15. The smallest absolute Gasteiger partial charge is 0.416 e. The molecule has 0 fully saturated rings. The van der Waals surface area contributed by atoms with Crippen molar-refractivity contribution in [2.75, 3.05) is 5.32 Å². The van der Waals surface area contributed by atoms with Gasteiger partial charge >= 0.3 is 6.18 Å². The molecule has 1 N–H and O–H groups in total. The number of rotatable bonds is 4. The Morgan fingerprint density at radius 1 is 1.03 bits per heavy atom. The van der Waals surface area contributed by atoms with E-state index < -0.39 is 23.5 Å². The van der Waals surface area contributed by atoms with E-state index in [-0.39, 0.29) is 17.1 Å². The molecule has 3 aromatic rings. The SMILES string of the molecule is Cc1ccc(C#N)cc1NC(=O)c1ccc(C(F)(F)F)cc1Oc1ccc(F)cc1. The van der Waals surface area contributed by atoms with Crippen molar-refractivity contribution in [3.8, 4) is 17.6 Å². The maximum absolute atomic E-state index is 13.1. The summed E-state index contributed by atoms with van der Waals surface area (Å²) in [6.45, 7) is 1.71. The predicted octanol–water partition coefficient (Wildman–Crippen LogP) is 6.07. The summed E-state index contributed by atoms with van der Waals surface area (Å²) in [7, 11) is 0. The lowest BCUT2D eigenvalue weighted by atomic mass is 10.1. The second kappa shape index (κ2) is 8.25. The number of amides is 1. The standard InChI is InChI=1S/C22H14F4N2O2/c1-13-2-3-14(12-27)10-19(13)28-21(29)18-9-4-15(22(24,25)26)11-20(18)30-17-7-5-16(23)6-8-17/h2-11H,1H3,(H,28,29). The van der Waals surface area contributed by atoms with E-state index in [0.29, 0.717) is 22.9 Å². The summed E-state index contributed by atoms with van der Waals surface area (Å²) in [6, 6.07) is 13.7. The van der Waals surface area contributed by atoms with Crippen LogP contribution >= 0.6 is 0 Å². The fourth-order valence-electron chi connectivity index (χ4n) is 2.62. The summed E-state index contributed by atoms with van der Waals surface area (Å²) in [4.78, 5) is 12.8. The van der Waals surface area contributed by atoms with Gasteiger partial charge in [0.25, 0.3) is 5.91 Å². The molecule has 4 nitrogen and oxygen atoms in total. The Hall–Kier alpha value is -3.86. The van der Waals surface area contributed by atoms with Gasteiger partial charge in [0.15, 0.2) is 0 Å². The highest BCUT2D eigenvalue weighted by molar-refractivity contribution is 6.06. The zero-order valence-electron chi connectivity index (χ0n) is 15.5. The predicted molar refractivity (Wildman–Crippen MR) is 102 cm³/mol. The maximum atomic E-state index is 13.1. The molecule has 0 radical (unpaired) electrons. The van der Waals surface area contributed by atoms with Gasteiger partial charge in [0.2, 0.25) is 0 Å². The molecule has 152 valence electrons. The number of nitrogens with one attached hydrogen (secondary N) is 1. The molecule has 0 aromatic heterocycles. The molecule has 0 saturated carbocycles. The number of benzene rings is 3. The number of anilines is 1. The third kappa shape index (κ3) is 4.75. The zero-order valence-corrected chi connectivity index (χ0v) is 15.5. The lowest BCUT2D eigenvalue weighted by Gasteiger charge is -2.15. The van der Waals surface area contributed by atoms with E-state index in [9.17, 15) is 22.4 Å². The molecule has 3 aromatic carbocycles. The summed E-state index contributed by atoms with van der Waals surface area (Å²) < 4.78 is 58.0. The van der Waals surface area contributed by atoms with Crippen LogP contribution in [0.1, 0.15) is 27.0 Å². The van der Waals surface area contributed by atoms with E-state index in [1.807, 2.05) is 6.07 Å². The number of nitrogens with zero attached hydrogens (tertiary/aromatic N) is 1. The molecular weight excluding hydrogens is 400 g/mol. The monoisotopic (exact) mass is 414 g/mol. The van der Waals surface area contributed by atoms with Crippen molar-refractivity contribution in [3.05, 3.63) is 88.7 Å². The largest absolute Gasteiger partial charge is 0.457 e. The number of hydrogen-bond donors (Lipinski definition) is 1. The maximum Gasteiger partial charge on any atom is 0.416 e. The second-order valence-electron chi connectivity index (χ2n) is 6.36. The van der Waals surface area contributed by atoms with Gasteiger partial charge in [-0.05, 0) is 67.1 Å². The molecule has 8 heteroatoms. The van der Waals surface area contributed by atoms with Crippen LogP contribution in [0.5, 0.6) is 11.5 Å². The van der Waals surface area contributed by atoms with Gasteiger partial charge < -0.3 is 10.1 Å². The molecule has 3 rings (SSSR count). The van der Waals surface area contributed by atoms with Gasteiger partial charge in [0.05, 0.1) is 22.8 Å². The number of halogens is 4. The quantitative estimate of drug-likeness (QED) is 0.527. The van der Waals surface area contributed by atoms with Crippen LogP contribution in [0.4, 0.5) is 23.2 Å². The highest BCUT2D eigenvalue weighted by Gasteiger charge is 2.32. The Morgan fingerprint density at radius 2 is 1.73 bits per heavy atom. The van der Waals surface area contributed by atoms with E-state index in [1.54, 1.807) is 19.1 Å². The van der Waals surface area contributed by atoms with Gasteiger partial charge in [0, 0.05) is 5.69 Å². The van der Waals surface area contributed by atoms with Crippen LogP contribution in [0.25, 0.3) is 0 Å².